The first-order chi connectivity index (χ1) is 11.8. The molecule has 0 saturated heterocycles. The Morgan fingerprint density at radius 3 is 2.08 bits per heavy atom. The molecule has 0 aromatic heterocycles. The lowest BCUT2D eigenvalue weighted by atomic mass is 10.1. The molecule has 25 heavy (non-hydrogen) atoms. The number of nitrogens with zero attached hydrogens (tertiary/aromatic N) is 2. The highest BCUT2D eigenvalue weighted by Gasteiger charge is 2.37. The Hall–Kier alpha value is -2.37. The van der Waals surface area contributed by atoms with Crippen molar-refractivity contribution in [2.75, 3.05) is 11.6 Å². The van der Waals surface area contributed by atoms with E-state index in [-0.39, 0.29) is 33.7 Å². The van der Waals surface area contributed by atoms with Crippen LogP contribution in [0.25, 0.3) is 0 Å². The number of fused-ring (bicyclic) bond motifs is 1. The van der Waals surface area contributed by atoms with Gasteiger partial charge in [-0.1, -0.05) is 35.3 Å². The molecule has 1 aliphatic heterocycles. The Morgan fingerprint density at radius 2 is 1.60 bits per heavy atom. The highest BCUT2D eigenvalue weighted by Crippen LogP contribution is 2.32. The van der Waals surface area contributed by atoms with Gasteiger partial charge < -0.3 is 0 Å². The van der Waals surface area contributed by atoms with Gasteiger partial charge in [0, 0.05) is 12.6 Å². The minimum Gasteiger partial charge on any atom is -0.294 e. The Balaban J connectivity index is 1.95. The van der Waals surface area contributed by atoms with Gasteiger partial charge in [0.1, 0.15) is 6.67 Å². The van der Waals surface area contributed by atoms with Gasteiger partial charge in [0.25, 0.3) is 11.8 Å². The molecule has 0 N–H and O–H groups in total. The predicted molar refractivity (Wildman–Crippen MR) is 96.2 cm³/mol. The maximum absolute atomic E-state index is 12.6. The molecular formula is C18H14Cl2N2O3. The van der Waals surface area contributed by atoms with Crippen LogP contribution in [0.5, 0.6) is 0 Å². The summed E-state index contributed by atoms with van der Waals surface area (Å²) in [5.74, 6) is -1.28. The molecule has 2 aromatic rings. The number of imide groups is 1. The minimum atomic E-state index is -0.502. The molecule has 3 rings (SSSR count). The molecule has 3 amide bonds. The second-order valence-electron chi connectivity index (χ2n) is 5.78. The first-order valence-electron chi connectivity index (χ1n) is 7.49. The van der Waals surface area contributed by atoms with Crippen molar-refractivity contribution in [3.05, 3.63) is 63.1 Å². The van der Waals surface area contributed by atoms with Crippen molar-refractivity contribution in [2.24, 2.45) is 0 Å². The normalized spacial score (nSPS) is 13.2. The Kier molecular flexibility index (Phi) is 4.54. The molecule has 0 aliphatic carbocycles. The molecule has 7 heteroatoms. The monoisotopic (exact) mass is 376 g/mol. The minimum absolute atomic E-state index is 0.180. The summed E-state index contributed by atoms with van der Waals surface area (Å²) in [6.45, 7) is 3.10. The van der Waals surface area contributed by atoms with E-state index in [2.05, 4.69) is 0 Å². The van der Waals surface area contributed by atoms with Crippen LogP contribution in [0.1, 0.15) is 33.2 Å². The second kappa shape index (κ2) is 6.50. The molecule has 1 heterocycles. The number of rotatable bonds is 3. The molecule has 0 bridgehead atoms. The summed E-state index contributed by atoms with van der Waals surface area (Å²) >= 11 is 11.9. The van der Waals surface area contributed by atoms with Crippen LogP contribution < -0.4 is 4.90 Å². The van der Waals surface area contributed by atoms with Gasteiger partial charge in [0.2, 0.25) is 5.91 Å². The fraction of sp³-hybridized carbons (Fsp3) is 0.167. The Labute approximate surface area is 154 Å². The summed E-state index contributed by atoms with van der Waals surface area (Å²) in [6.07, 6.45) is 0. The lowest BCUT2D eigenvalue weighted by molar-refractivity contribution is -0.116. The summed E-state index contributed by atoms with van der Waals surface area (Å²) in [7, 11) is 0. The van der Waals surface area contributed by atoms with E-state index in [0.29, 0.717) is 5.69 Å². The van der Waals surface area contributed by atoms with Crippen LogP contribution in [0, 0.1) is 6.92 Å². The highest BCUT2D eigenvalue weighted by molar-refractivity contribution is 6.43. The standard InChI is InChI=1S/C18H14Cl2N2O3/c1-10-4-3-5-12(6-10)21(11(2)23)9-22-17(24)13-7-15(19)16(20)8-14(13)18(22)25/h3-8H,9H2,1-2H3. The number of aryl methyl sites for hydroxylation is 1. The lowest BCUT2D eigenvalue weighted by Gasteiger charge is -2.26. The summed E-state index contributed by atoms with van der Waals surface area (Å²) < 4.78 is 0. The third-order valence-corrected chi connectivity index (χ3v) is 4.71. The van der Waals surface area contributed by atoms with Gasteiger partial charge in [-0.05, 0) is 36.8 Å². The summed E-state index contributed by atoms with van der Waals surface area (Å²) in [5, 5.41) is 0.399. The molecule has 0 fully saturated rings. The van der Waals surface area contributed by atoms with E-state index in [0.717, 1.165) is 10.5 Å². The number of hydrogen-bond acceptors (Lipinski definition) is 3. The van der Waals surface area contributed by atoms with Gasteiger partial charge in [0.15, 0.2) is 0 Å². The second-order valence-corrected chi connectivity index (χ2v) is 6.59. The fourth-order valence-corrected chi connectivity index (χ4v) is 3.04. The largest absolute Gasteiger partial charge is 0.294 e. The van der Waals surface area contributed by atoms with Crippen molar-refractivity contribution in [1.29, 1.82) is 0 Å². The van der Waals surface area contributed by atoms with Crippen LogP contribution in [0.3, 0.4) is 0 Å². The van der Waals surface area contributed by atoms with Gasteiger partial charge in [-0.2, -0.15) is 0 Å². The number of halogens is 2. The van der Waals surface area contributed by atoms with Crippen molar-refractivity contribution < 1.29 is 14.4 Å². The first-order valence-corrected chi connectivity index (χ1v) is 8.25. The number of benzene rings is 2. The quantitative estimate of drug-likeness (QED) is 0.763. The van der Waals surface area contributed by atoms with Crippen molar-refractivity contribution in [3.63, 3.8) is 0 Å². The van der Waals surface area contributed by atoms with Gasteiger partial charge >= 0.3 is 0 Å². The summed E-state index contributed by atoms with van der Waals surface area (Å²) in [4.78, 5) is 39.6. The Bertz CT molecular complexity index is 870. The molecule has 0 unspecified atom stereocenters. The van der Waals surface area contributed by atoms with E-state index in [1.807, 2.05) is 25.1 Å². The maximum Gasteiger partial charge on any atom is 0.263 e. The number of hydrogen-bond donors (Lipinski definition) is 0. The average molecular weight is 377 g/mol. The molecule has 0 saturated carbocycles. The van der Waals surface area contributed by atoms with E-state index in [9.17, 15) is 14.4 Å². The van der Waals surface area contributed by atoms with E-state index in [1.165, 1.54) is 24.0 Å². The van der Waals surface area contributed by atoms with Crippen LogP contribution in [0.15, 0.2) is 36.4 Å². The molecule has 128 valence electrons. The third-order valence-electron chi connectivity index (χ3n) is 3.99. The predicted octanol–water partition coefficient (Wildman–Crippen LogP) is 3.91. The van der Waals surface area contributed by atoms with Crippen LogP contribution in [-0.4, -0.2) is 29.3 Å². The highest BCUT2D eigenvalue weighted by atomic mass is 35.5. The molecule has 0 atom stereocenters. The topological polar surface area (TPSA) is 57.7 Å². The molecule has 2 aromatic carbocycles. The van der Waals surface area contributed by atoms with Crippen LogP contribution in [0.4, 0.5) is 5.69 Å². The molecular weight excluding hydrogens is 363 g/mol. The third kappa shape index (κ3) is 3.13. The van der Waals surface area contributed by atoms with Gasteiger partial charge in [-0.15, -0.1) is 0 Å². The van der Waals surface area contributed by atoms with Crippen LogP contribution in [0.2, 0.25) is 10.0 Å². The number of amides is 3. The summed E-state index contributed by atoms with van der Waals surface area (Å²) in [6, 6.07) is 10.0. The van der Waals surface area contributed by atoms with Gasteiger partial charge in [-0.25, -0.2) is 0 Å². The van der Waals surface area contributed by atoms with E-state index < -0.39 is 11.8 Å². The van der Waals surface area contributed by atoms with Crippen molar-refractivity contribution >= 4 is 46.6 Å². The number of carbonyl (C=O) groups is 3. The van der Waals surface area contributed by atoms with Gasteiger partial charge in [-0.3, -0.25) is 24.2 Å². The molecule has 1 aliphatic rings. The van der Waals surface area contributed by atoms with E-state index in [4.69, 9.17) is 23.2 Å². The zero-order valence-corrected chi connectivity index (χ0v) is 15.1. The molecule has 0 radical (unpaired) electrons. The fourth-order valence-electron chi connectivity index (χ4n) is 2.71. The zero-order valence-electron chi connectivity index (χ0n) is 13.5. The number of carbonyl (C=O) groups excluding carboxylic acids is 3. The SMILES string of the molecule is CC(=O)N(CN1C(=O)c2cc(Cl)c(Cl)cc2C1=O)c1cccc(C)c1. The van der Waals surface area contributed by atoms with Crippen molar-refractivity contribution in [1.82, 2.24) is 4.90 Å². The van der Waals surface area contributed by atoms with Crippen LogP contribution >= 0.6 is 23.2 Å². The number of anilines is 1. The van der Waals surface area contributed by atoms with Crippen LogP contribution in [-0.2, 0) is 4.79 Å². The molecule has 5 nitrogen and oxygen atoms in total. The lowest BCUT2D eigenvalue weighted by Crippen LogP contribution is -2.43. The first kappa shape index (κ1) is 17.5. The van der Waals surface area contributed by atoms with Crippen molar-refractivity contribution in [2.45, 2.75) is 13.8 Å². The molecule has 0 spiro atoms. The smallest absolute Gasteiger partial charge is 0.263 e. The van der Waals surface area contributed by atoms with Crippen molar-refractivity contribution in [3.8, 4) is 0 Å². The maximum atomic E-state index is 12.6. The summed E-state index contributed by atoms with van der Waals surface area (Å²) in [5.41, 5.74) is 1.95. The average Bonchev–Trinajstić information content (AvgIpc) is 2.77. The van der Waals surface area contributed by atoms with E-state index in [1.54, 1.807) is 6.07 Å². The van der Waals surface area contributed by atoms with Gasteiger partial charge in [0.05, 0.1) is 21.2 Å². The Morgan fingerprint density at radius 1 is 1.04 bits per heavy atom. The zero-order chi connectivity index (χ0) is 18.3. The van der Waals surface area contributed by atoms with E-state index >= 15 is 0 Å².